The first-order valence-corrected chi connectivity index (χ1v) is 23.4. The highest BCUT2D eigenvalue weighted by atomic mass is 32.1. The van der Waals surface area contributed by atoms with E-state index in [1.807, 2.05) is 11.3 Å². The van der Waals surface area contributed by atoms with E-state index in [1.54, 1.807) is 0 Å². The van der Waals surface area contributed by atoms with Gasteiger partial charge in [-0.3, -0.25) is 0 Å². The largest absolute Gasteiger partial charge is 0.458 e. The van der Waals surface area contributed by atoms with Crippen LogP contribution >= 0.6 is 11.3 Å². The second-order valence-corrected chi connectivity index (χ2v) is 22.0. The number of fused-ring (bicyclic) bond motifs is 10. The fraction of sp³-hybridized carbons (Fsp3) is 0.241. The molecular formula is C58H55BN2OS. The zero-order valence-corrected chi connectivity index (χ0v) is 39.3. The minimum absolute atomic E-state index is 0.00470. The Morgan fingerprint density at radius 2 is 1.27 bits per heavy atom. The number of hydrogen-bond acceptors (Lipinski definition) is 4. The third-order valence-electron chi connectivity index (χ3n) is 14.0. The Morgan fingerprint density at radius 1 is 0.651 bits per heavy atom. The number of benzene rings is 7. The fourth-order valence-corrected chi connectivity index (χ4v) is 11.9. The minimum atomic E-state index is -0.331. The molecule has 0 saturated heterocycles. The van der Waals surface area contributed by atoms with Gasteiger partial charge in [0.1, 0.15) is 11.5 Å². The summed E-state index contributed by atoms with van der Waals surface area (Å²) in [6.07, 6.45) is 0. The maximum atomic E-state index is 7.55. The highest BCUT2D eigenvalue weighted by Crippen LogP contribution is 2.59. The molecule has 8 aromatic rings. The molecule has 0 saturated carbocycles. The number of hydrogen-bond donors (Lipinski definition) is 0. The lowest BCUT2D eigenvalue weighted by Crippen LogP contribution is -2.59. The van der Waals surface area contributed by atoms with E-state index >= 15 is 0 Å². The van der Waals surface area contributed by atoms with Gasteiger partial charge in [0.15, 0.2) is 0 Å². The molecule has 3 heterocycles. The summed E-state index contributed by atoms with van der Waals surface area (Å²) in [6.45, 7) is 25.1. The van der Waals surface area contributed by atoms with Crippen molar-refractivity contribution in [2.45, 2.75) is 92.4 Å². The smallest absolute Gasteiger partial charge is 0.269 e. The molecule has 7 aromatic carbocycles. The van der Waals surface area contributed by atoms with Crippen LogP contribution in [0.4, 0.5) is 34.1 Å². The molecule has 0 unspecified atom stereocenters. The third kappa shape index (κ3) is 6.06. The van der Waals surface area contributed by atoms with Crippen LogP contribution in [0.25, 0.3) is 21.2 Å². The van der Waals surface area contributed by atoms with Gasteiger partial charge in [-0.1, -0.05) is 133 Å². The minimum Gasteiger partial charge on any atom is -0.458 e. The monoisotopic (exact) mass is 838 g/mol. The molecule has 0 N–H and O–H groups in total. The van der Waals surface area contributed by atoms with Crippen LogP contribution in [0.2, 0.25) is 0 Å². The molecule has 63 heavy (non-hydrogen) atoms. The molecule has 2 aliphatic heterocycles. The van der Waals surface area contributed by atoms with Gasteiger partial charge in [-0.15, -0.1) is 11.3 Å². The molecule has 0 bridgehead atoms. The summed E-state index contributed by atoms with van der Waals surface area (Å²) in [5.41, 5.74) is 20.7. The lowest BCUT2D eigenvalue weighted by atomic mass is 9.36. The van der Waals surface area contributed by atoms with Crippen molar-refractivity contribution in [3.63, 3.8) is 0 Å². The normalized spacial score (nSPS) is 14.5. The first-order valence-electron chi connectivity index (χ1n) is 22.5. The van der Waals surface area contributed by atoms with Gasteiger partial charge in [0.05, 0.1) is 11.4 Å². The summed E-state index contributed by atoms with van der Waals surface area (Å²) in [6, 6.07) is 50.8. The van der Waals surface area contributed by atoms with Crippen LogP contribution in [0.5, 0.6) is 11.5 Å². The van der Waals surface area contributed by atoms with Crippen LogP contribution in [0.3, 0.4) is 0 Å². The van der Waals surface area contributed by atoms with Crippen molar-refractivity contribution in [2.75, 3.05) is 9.80 Å². The van der Waals surface area contributed by atoms with E-state index in [1.165, 1.54) is 98.6 Å². The Bertz CT molecular complexity index is 3120. The Labute approximate surface area is 378 Å². The van der Waals surface area contributed by atoms with Gasteiger partial charge in [-0.2, -0.15) is 0 Å². The van der Waals surface area contributed by atoms with E-state index in [0.717, 1.165) is 22.9 Å². The predicted molar refractivity (Wildman–Crippen MR) is 272 cm³/mol. The second-order valence-electron chi connectivity index (χ2n) is 20.9. The summed E-state index contributed by atoms with van der Waals surface area (Å²) in [7, 11) is 0. The Kier molecular flexibility index (Phi) is 8.67. The van der Waals surface area contributed by atoms with Crippen molar-refractivity contribution in [1.29, 1.82) is 0 Å². The van der Waals surface area contributed by atoms with E-state index in [4.69, 9.17) is 4.74 Å². The predicted octanol–water partition coefficient (Wildman–Crippen LogP) is 14.6. The van der Waals surface area contributed by atoms with Gasteiger partial charge < -0.3 is 14.5 Å². The number of ether oxygens (including phenoxy) is 1. The first kappa shape index (κ1) is 39.8. The number of anilines is 6. The topological polar surface area (TPSA) is 15.7 Å². The standard InChI is InChI=1S/C58H55BN2OS/c1-34-16-23-39(24-17-34)60(40-25-18-35(2)19-26-40)46-33-45-54(51-50(46)42-14-12-13-15-44(42)58(51,10)11)62-48-31-36(3)30-47-52(48)59(45)55-53(43-32-38(57(7,8)9)22-29-49(43)63-55)61(47)41-27-20-37(21-28-41)56(4,5)6/h12-33H,1-11H3. The zero-order chi connectivity index (χ0) is 43.9. The highest BCUT2D eigenvalue weighted by molar-refractivity contribution is 7.33. The molecule has 1 aromatic heterocycles. The average molecular weight is 839 g/mol. The van der Waals surface area contributed by atoms with Gasteiger partial charge in [0, 0.05) is 54.2 Å². The summed E-state index contributed by atoms with van der Waals surface area (Å²) in [5, 5.41) is 1.30. The summed E-state index contributed by atoms with van der Waals surface area (Å²) in [5.74, 6) is 1.95. The first-order chi connectivity index (χ1) is 30.0. The fourth-order valence-electron chi connectivity index (χ4n) is 10.6. The number of aryl methyl sites for hydroxylation is 3. The summed E-state index contributed by atoms with van der Waals surface area (Å²) >= 11 is 1.95. The van der Waals surface area contributed by atoms with E-state index in [9.17, 15) is 0 Å². The van der Waals surface area contributed by atoms with Gasteiger partial charge in [-0.25, -0.2) is 0 Å². The molecule has 312 valence electrons. The van der Waals surface area contributed by atoms with Crippen LogP contribution in [0.15, 0.2) is 133 Å². The lowest BCUT2D eigenvalue weighted by molar-refractivity contribution is 0.469. The zero-order valence-electron chi connectivity index (χ0n) is 38.5. The molecule has 0 spiro atoms. The molecule has 3 nitrogen and oxygen atoms in total. The molecule has 5 heteroatoms. The van der Waals surface area contributed by atoms with Crippen LogP contribution in [-0.2, 0) is 16.2 Å². The number of rotatable bonds is 4. The average Bonchev–Trinajstić information content (AvgIpc) is 3.74. The number of thiophene rings is 1. The third-order valence-corrected chi connectivity index (χ3v) is 15.2. The van der Waals surface area contributed by atoms with E-state index in [0.29, 0.717) is 0 Å². The molecule has 0 amide bonds. The lowest BCUT2D eigenvalue weighted by Gasteiger charge is -2.41. The quantitative estimate of drug-likeness (QED) is 0.164. The Hall–Kier alpha value is -6.04. The molecule has 0 fully saturated rings. The SMILES string of the molecule is Cc1ccc(N(c2ccc(C)cc2)c2cc3c(c4c2-c2ccccc2C4(C)C)Oc2cc(C)cc4c2B3c2sc3ccc(C(C)(C)C)cc3c2N4c2ccc(C(C)(C)C)cc2)cc1. The van der Waals surface area contributed by atoms with Gasteiger partial charge >= 0.3 is 0 Å². The van der Waals surface area contributed by atoms with Crippen LogP contribution in [0, 0.1) is 20.8 Å². The highest BCUT2D eigenvalue weighted by Gasteiger charge is 2.49. The van der Waals surface area contributed by atoms with Crippen molar-refractivity contribution in [3.8, 4) is 22.6 Å². The maximum Gasteiger partial charge on any atom is 0.269 e. The molecule has 1 aliphatic carbocycles. The summed E-state index contributed by atoms with van der Waals surface area (Å²) < 4.78 is 10.2. The van der Waals surface area contributed by atoms with E-state index in [2.05, 4.69) is 219 Å². The Morgan fingerprint density at radius 3 is 1.90 bits per heavy atom. The molecular weight excluding hydrogens is 784 g/mol. The summed E-state index contributed by atoms with van der Waals surface area (Å²) in [4.78, 5) is 5.05. The van der Waals surface area contributed by atoms with Crippen molar-refractivity contribution >= 4 is 78.0 Å². The molecule has 0 atom stereocenters. The molecule has 11 rings (SSSR count). The van der Waals surface area contributed by atoms with E-state index < -0.39 is 0 Å². The van der Waals surface area contributed by atoms with Crippen LogP contribution in [-0.4, -0.2) is 6.71 Å². The molecule has 0 radical (unpaired) electrons. The van der Waals surface area contributed by atoms with E-state index in [-0.39, 0.29) is 23.0 Å². The molecule has 3 aliphatic rings. The van der Waals surface area contributed by atoms with Crippen LogP contribution in [0.1, 0.15) is 94.3 Å². The van der Waals surface area contributed by atoms with Gasteiger partial charge in [0.25, 0.3) is 6.71 Å². The second kappa shape index (κ2) is 13.7. The van der Waals surface area contributed by atoms with Crippen molar-refractivity contribution < 1.29 is 4.74 Å². The number of nitrogens with zero attached hydrogens (tertiary/aromatic N) is 2. The van der Waals surface area contributed by atoms with Crippen molar-refractivity contribution in [3.05, 3.63) is 172 Å². The van der Waals surface area contributed by atoms with Crippen molar-refractivity contribution in [1.82, 2.24) is 0 Å². The van der Waals surface area contributed by atoms with Gasteiger partial charge in [-0.05, 0) is 137 Å². The van der Waals surface area contributed by atoms with Crippen molar-refractivity contribution in [2.24, 2.45) is 0 Å². The maximum absolute atomic E-state index is 7.55. The Balaban J connectivity index is 1.26. The van der Waals surface area contributed by atoms with Crippen LogP contribution < -0.4 is 30.2 Å². The van der Waals surface area contributed by atoms with Gasteiger partial charge in [0.2, 0.25) is 0 Å².